The third-order valence-corrected chi connectivity index (χ3v) is 3.48. The second kappa shape index (κ2) is 6.76. The molecule has 18 heavy (non-hydrogen) atoms. The predicted molar refractivity (Wildman–Crippen MR) is 77.1 cm³/mol. The van der Waals surface area contributed by atoms with Crippen molar-refractivity contribution in [2.24, 2.45) is 5.73 Å². The Morgan fingerprint density at radius 2 is 2.06 bits per heavy atom. The van der Waals surface area contributed by atoms with Crippen LogP contribution < -0.4 is 10.5 Å². The van der Waals surface area contributed by atoms with Gasteiger partial charge in [-0.05, 0) is 51.6 Å². The number of rotatable bonds is 7. The molecule has 2 N–H and O–H groups in total. The minimum absolute atomic E-state index is 0.0105. The van der Waals surface area contributed by atoms with Crippen molar-refractivity contribution in [2.75, 3.05) is 27.2 Å². The Balaban J connectivity index is 2.77. The molecule has 0 radical (unpaired) electrons. The number of hydrogen-bond donors (Lipinski definition) is 1. The number of nitrogens with two attached hydrogens (primary N) is 1. The SMILES string of the molecule is CCCOc1cccc(CC(C)(CN)N(C)C)c1. The molecule has 1 aromatic carbocycles. The van der Waals surface area contributed by atoms with Crippen molar-refractivity contribution in [3.63, 3.8) is 0 Å². The van der Waals surface area contributed by atoms with E-state index in [1.54, 1.807) is 0 Å². The van der Waals surface area contributed by atoms with Crippen LogP contribution in [0.5, 0.6) is 5.75 Å². The summed E-state index contributed by atoms with van der Waals surface area (Å²) in [7, 11) is 4.15. The number of nitrogens with zero attached hydrogens (tertiary/aromatic N) is 1. The lowest BCUT2D eigenvalue weighted by Gasteiger charge is -2.35. The molecule has 0 bridgehead atoms. The van der Waals surface area contributed by atoms with Crippen LogP contribution in [0.25, 0.3) is 0 Å². The van der Waals surface area contributed by atoms with Crippen molar-refractivity contribution in [1.29, 1.82) is 0 Å². The first-order chi connectivity index (χ1) is 8.51. The summed E-state index contributed by atoms with van der Waals surface area (Å²) < 4.78 is 5.66. The fourth-order valence-corrected chi connectivity index (χ4v) is 1.82. The van der Waals surface area contributed by atoms with Crippen LogP contribution in [0.4, 0.5) is 0 Å². The molecule has 0 aliphatic rings. The van der Waals surface area contributed by atoms with Gasteiger partial charge in [-0.25, -0.2) is 0 Å². The maximum Gasteiger partial charge on any atom is 0.119 e. The van der Waals surface area contributed by atoms with E-state index in [0.29, 0.717) is 6.54 Å². The van der Waals surface area contributed by atoms with Gasteiger partial charge in [0, 0.05) is 12.1 Å². The molecule has 0 aliphatic heterocycles. The number of likely N-dealkylation sites (N-methyl/N-ethyl adjacent to an activating group) is 1. The average Bonchev–Trinajstić information content (AvgIpc) is 2.36. The first-order valence-electron chi connectivity index (χ1n) is 6.61. The van der Waals surface area contributed by atoms with E-state index < -0.39 is 0 Å². The van der Waals surface area contributed by atoms with Crippen molar-refractivity contribution >= 4 is 0 Å². The molecule has 1 rings (SSSR count). The first-order valence-corrected chi connectivity index (χ1v) is 6.61. The van der Waals surface area contributed by atoms with E-state index in [1.165, 1.54) is 5.56 Å². The van der Waals surface area contributed by atoms with Crippen LogP contribution in [-0.4, -0.2) is 37.7 Å². The second-order valence-corrected chi connectivity index (χ2v) is 5.27. The lowest BCUT2D eigenvalue weighted by molar-refractivity contribution is 0.181. The highest BCUT2D eigenvalue weighted by Gasteiger charge is 2.25. The lowest BCUT2D eigenvalue weighted by atomic mass is 9.91. The van der Waals surface area contributed by atoms with Crippen LogP contribution >= 0.6 is 0 Å². The summed E-state index contributed by atoms with van der Waals surface area (Å²) >= 11 is 0. The molecule has 0 aromatic heterocycles. The van der Waals surface area contributed by atoms with Gasteiger partial charge in [0.2, 0.25) is 0 Å². The summed E-state index contributed by atoms with van der Waals surface area (Å²) in [5.41, 5.74) is 7.16. The zero-order chi connectivity index (χ0) is 13.6. The van der Waals surface area contributed by atoms with Gasteiger partial charge in [0.15, 0.2) is 0 Å². The van der Waals surface area contributed by atoms with E-state index in [-0.39, 0.29) is 5.54 Å². The van der Waals surface area contributed by atoms with Gasteiger partial charge in [0.1, 0.15) is 5.75 Å². The molecule has 0 heterocycles. The van der Waals surface area contributed by atoms with Crippen LogP contribution in [0.2, 0.25) is 0 Å². The Labute approximate surface area is 111 Å². The standard InChI is InChI=1S/C15H26N2O/c1-5-9-18-14-8-6-7-13(10-14)11-15(2,12-16)17(3)4/h6-8,10H,5,9,11-12,16H2,1-4H3. The molecule has 0 amide bonds. The fraction of sp³-hybridized carbons (Fsp3) is 0.600. The smallest absolute Gasteiger partial charge is 0.119 e. The molecule has 0 spiro atoms. The van der Waals surface area contributed by atoms with E-state index in [9.17, 15) is 0 Å². The van der Waals surface area contributed by atoms with Crippen LogP contribution in [-0.2, 0) is 6.42 Å². The quantitative estimate of drug-likeness (QED) is 0.807. The van der Waals surface area contributed by atoms with Crippen molar-refractivity contribution in [3.05, 3.63) is 29.8 Å². The Bertz CT molecular complexity index is 365. The summed E-state index contributed by atoms with van der Waals surface area (Å²) in [6.07, 6.45) is 1.96. The molecule has 1 unspecified atom stereocenters. The van der Waals surface area contributed by atoms with Gasteiger partial charge in [-0.3, -0.25) is 0 Å². The third kappa shape index (κ3) is 4.00. The van der Waals surface area contributed by atoms with Crippen LogP contribution in [0.15, 0.2) is 24.3 Å². The van der Waals surface area contributed by atoms with Gasteiger partial charge in [0.05, 0.1) is 6.61 Å². The topological polar surface area (TPSA) is 38.5 Å². The second-order valence-electron chi connectivity index (χ2n) is 5.27. The zero-order valence-electron chi connectivity index (χ0n) is 12.1. The Morgan fingerprint density at radius 1 is 1.33 bits per heavy atom. The molecule has 0 saturated heterocycles. The highest BCUT2D eigenvalue weighted by atomic mass is 16.5. The van der Waals surface area contributed by atoms with E-state index in [4.69, 9.17) is 10.5 Å². The molecule has 3 nitrogen and oxygen atoms in total. The van der Waals surface area contributed by atoms with Crippen LogP contribution in [0, 0.1) is 0 Å². The van der Waals surface area contributed by atoms with Crippen LogP contribution in [0.1, 0.15) is 25.8 Å². The molecule has 1 atom stereocenters. The van der Waals surface area contributed by atoms with E-state index >= 15 is 0 Å². The highest BCUT2D eigenvalue weighted by molar-refractivity contribution is 5.29. The number of ether oxygens (including phenoxy) is 1. The van der Waals surface area contributed by atoms with E-state index in [1.807, 2.05) is 12.1 Å². The summed E-state index contributed by atoms with van der Waals surface area (Å²) in [6.45, 7) is 5.71. The largest absolute Gasteiger partial charge is 0.494 e. The van der Waals surface area contributed by atoms with Crippen molar-refractivity contribution in [3.8, 4) is 5.75 Å². The van der Waals surface area contributed by atoms with Crippen molar-refractivity contribution in [2.45, 2.75) is 32.2 Å². The lowest BCUT2D eigenvalue weighted by Crippen LogP contribution is -2.49. The molecule has 1 aromatic rings. The third-order valence-electron chi connectivity index (χ3n) is 3.48. The zero-order valence-corrected chi connectivity index (χ0v) is 12.1. The Morgan fingerprint density at radius 3 is 2.61 bits per heavy atom. The summed E-state index contributed by atoms with van der Waals surface area (Å²) in [6, 6.07) is 8.31. The molecule has 0 saturated carbocycles. The maximum absolute atomic E-state index is 5.90. The predicted octanol–water partition coefficient (Wildman–Crippen LogP) is 2.30. The monoisotopic (exact) mass is 250 g/mol. The van der Waals surface area contributed by atoms with Crippen molar-refractivity contribution in [1.82, 2.24) is 4.90 Å². The molecular formula is C15H26N2O. The minimum Gasteiger partial charge on any atom is -0.494 e. The maximum atomic E-state index is 5.90. The normalized spacial score (nSPS) is 14.6. The minimum atomic E-state index is -0.0105. The summed E-state index contributed by atoms with van der Waals surface area (Å²) in [4.78, 5) is 2.19. The molecule has 0 fully saturated rings. The highest BCUT2D eigenvalue weighted by Crippen LogP contribution is 2.21. The molecule has 3 heteroatoms. The fourth-order valence-electron chi connectivity index (χ4n) is 1.82. The Hall–Kier alpha value is -1.06. The van der Waals surface area contributed by atoms with Gasteiger partial charge in [-0.15, -0.1) is 0 Å². The van der Waals surface area contributed by atoms with E-state index in [0.717, 1.165) is 25.2 Å². The van der Waals surface area contributed by atoms with E-state index in [2.05, 4.69) is 45.0 Å². The van der Waals surface area contributed by atoms with Crippen LogP contribution in [0.3, 0.4) is 0 Å². The Kier molecular flexibility index (Phi) is 5.63. The average molecular weight is 250 g/mol. The summed E-state index contributed by atoms with van der Waals surface area (Å²) in [5, 5.41) is 0. The van der Waals surface area contributed by atoms with Gasteiger partial charge >= 0.3 is 0 Å². The molecule has 102 valence electrons. The van der Waals surface area contributed by atoms with Gasteiger partial charge in [-0.1, -0.05) is 19.1 Å². The van der Waals surface area contributed by atoms with Crippen molar-refractivity contribution < 1.29 is 4.74 Å². The number of benzene rings is 1. The van der Waals surface area contributed by atoms with Gasteiger partial charge in [-0.2, -0.15) is 0 Å². The number of hydrogen-bond acceptors (Lipinski definition) is 3. The summed E-state index contributed by atoms with van der Waals surface area (Å²) in [5.74, 6) is 0.951. The molecule has 0 aliphatic carbocycles. The van der Waals surface area contributed by atoms with Gasteiger partial charge in [0.25, 0.3) is 0 Å². The first kappa shape index (κ1) is 15.0. The van der Waals surface area contributed by atoms with Gasteiger partial charge < -0.3 is 15.4 Å². The molecular weight excluding hydrogens is 224 g/mol.